The number of fused-ring (bicyclic) bond motifs is 3. The van der Waals surface area contributed by atoms with Gasteiger partial charge in [0.1, 0.15) is 0 Å². The molecular weight excluding hydrogens is 328 g/mol. The topological polar surface area (TPSA) is 67.2 Å². The number of hydrogen-bond donors (Lipinski definition) is 1. The van der Waals surface area contributed by atoms with Gasteiger partial charge in [0.05, 0.1) is 17.2 Å². The lowest BCUT2D eigenvalue weighted by Gasteiger charge is -2.35. The van der Waals surface area contributed by atoms with Crippen LogP contribution in [0.2, 0.25) is 0 Å². The third-order valence-electron chi connectivity index (χ3n) is 6.01. The molecule has 0 aliphatic carbocycles. The van der Waals surface area contributed by atoms with E-state index < -0.39 is 0 Å². The van der Waals surface area contributed by atoms with Crippen LogP contribution in [0.5, 0.6) is 0 Å². The minimum Gasteiger partial charge on any atom is -0.343 e. The van der Waals surface area contributed by atoms with Gasteiger partial charge in [0.2, 0.25) is 5.91 Å². The summed E-state index contributed by atoms with van der Waals surface area (Å²) in [5.74, 6) is 0.104. The van der Waals surface area contributed by atoms with Gasteiger partial charge in [0.15, 0.2) is 0 Å². The van der Waals surface area contributed by atoms with Crippen LogP contribution in [0.1, 0.15) is 37.7 Å². The summed E-state index contributed by atoms with van der Waals surface area (Å²) in [4.78, 5) is 31.6. The molecule has 2 aliphatic rings. The average Bonchev–Trinajstić information content (AvgIpc) is 2.98. The van der Waals surface area contributed by atoms with Crippen molar-refractivity contribution >= 4 is 16.8 Å². The molecule has 6 heteroatoms. The van der Waals surface area contributed by atoms with Crippen LogP contribution < -0.4 is 10.9 Å². The Morgan fingerprint density at radius 3 is 2.77 bits per heavy atom. The van der Waals surface area contributed by atoms with Gasteiger partial charge >= 0.3 is 0 Å². The number of hydrogen-bond acceptors (Lipinski definition) is 4. The Morgan fingerprint density at radius 1 is 1.31 bits per heavy atom. The molecule has 3 heterocycles. The highest BCUT2D eigenvalue weighted by molar-refractivity contribution is 5.80. The first-order valence-corrected chi connectivity index (χ1v) is 9.49. The Morgan fingerprint density at radius 2 is 2.04 bits per heavy atom. The highest BCUT2D eigenvalue weighted by Crippen LogP contribution is 2.29. The van der Waals surface area contributed by atoms with Gasteiger partial charge < -0.3 is 10.2 Å². The van der Waals surface area contributed by atoms with Gasteiger partial charge in [-0.2, -0.15) is 0 Å². The van der Waals surface area contributed by atoms with Gasteiger partial charge in [-0.3, -0.25) is 14.2 Å². The summed E-state index contributed by atoms with van der Waals surface area (Å²) in [7, 11) is 1.91. The Bertz CT molecular complexity index is 879. The molecule has 2 saturated heterocycles. The molecule has 26 heavy (non-hydrogen) atoms. The second kappa shape index (κ2) is 6.83. The summed E-state index contributed by atoms with van der Waals surface area (Å²) < 4.78 is 1.56. The number of carbonyl (C=O) groups excluding carboxylic acids is 1. The van der Waals surface area contributed by atoms with Crippen molar-refractivity contribution in [3.63, 3.8) is 0 Å². The predicted molar refractivity (Wildman–Crippen MR) is 101 cm³/mol. The SMILES string of the molecule is Cc1cccc2c(=O)n(CCC(=O)N(C)C3CC4CCC(C3)N4)cnc12. The average molecular weight is 354 g/mol. The lowest BCUT2D eigenvalue weighted by Crippen LogP contribution is -2.48. The number of aryl methyl sites for hydroxylation is 2. The van der Waals surface area contributed by atoms with E-state index in [0.29, 0.717) is 36.5 Å². The van der Waals surface area contributed by atoms with Crippen LogP contribution in [0.4, 0.5) is 0 Å². The van der Waals surface area contributed by atoms with Gasteiger partial charge in [-0.25, -0.2) is 4.98 Å². The summed E-state index contributed by atoms with van der Waals surface area (Å²) in [6.45, 7) is 2.32. The fourth-order valence-electron chi connectivity index (χ4n) is 4.44. The van der Waals surface area contributed by atoms with E-state index >= 15 is 0 Å². The van der Waals surface area contributed by atoms with Crippen molar-refractivity contribution in [2.24, 2.45) is 0 Å². The molecule has 1 amide bonds. The van der Waals surface area contributed by atoms with Crippen LogP contribution in [-0.2, 0) is 11.3 Å². The zero-order valence-corrected chi connectivity index (χ0v) is 15.4. The fourth-order valence-corrected chi connectivity index (χ4v) is 4.44. The molecule has 2 aromatic rings. The van der Waals surface area contributed by atoms with E-state index in [-0.39, 0.29) is 11.5 Å². The van der Waals surface area contributed by atoms with E-state index in [1.165, 1.54) is 12.8 Å². The van der Waals surface area contributed by atoms with Gasteiger partial charge in [-0.1, -0.05) is 12.1 Å². The molecule has 2 unspecified atom stereocenters. The minimum absolute atomic E-state index is 0.0749. The van der Waals surface area contributed by atoms with Crippen molar-refractivity contribution in [2.45, 2.75) is 63.7 Å². The normalized spacial score (nSPS) is 24.8. The Hall–Kier alpha value is -2.21. The Labute approximate surface area is 153 Å². The molecule has 1 aromatic carbocycles. The van der Waals surface area contributed by atoms with Crippen molar-refractivity contribution < 1.29 is 4.79 Å². The molecule has 1 aromatic heterocycles. The van der Waals surface area contributed by atoms with Crippen LogP contribution in [0.25, 0.3) is 10.9 Å². The summed E-state index contributed by atoms with van der Waals surface area (Å²) in [6.07, 6.45) is 6.41. The minimum atomic E-state index is -0.0749. The standard InChI is InChI=1S/C20H26N4O2/c1-13-4-3-5-17-19(13)21-12-24(20(17)26)9-8-18(25)23(2)16-10-14-6-7-15(11-16)22-14/h3-5,12,14-16,22H,6-11H2,1-2H3. The van der Waals surface area contributed by atoms with E-state index in [9.17, 15) is 9.59 Å². The lowest BCUT2D eigenvalue weighted by molar-refractivity contribution is -0.132. The first kappa shape index (κ1) is 17.2. The number of nitrogens with one attached hydrogen (secondary N) is 1. The maximum absolute atomic E-state index is 12.6. The second-order valence-corrected chi connectivity index (χ2v) is 7.73. The number of carbonyl (C=O) groups is 1. The van der Waals surface area contributed by atoms with E-state index in [4.69, 9.17) is 0 Å². The Kier molecular flexibility index (Phi) is 4.53. The quantitative estimate of drug-likeness (QED) is 0.910. The van der Waals surface area contributed by atoms with E-state index in [1.54, 1.807) is 17.0 Å². The molecule has 0 radical (unpaired) electrons. The second-order valence-electron chi connectivity index (χ2n) is 7.73. The van der Waals surface area contributed by atoms with Crippen molar-refractivity contribution in [3.8, 4) is 0 Å². The molecular formula is C20H26N4O2. The number of nitrogens with zero attached hydrogens (tertiary/aromatic N) is 3. The summed E-state index contributed by atoms with van der Waals surface area (Å²) in [5.41, 5.74) is 1.65. The van der Waals surface area contributed by atoms with Crippen molar-refractivity contribution in [2.75, 3.05) is 7.05 Å². The molecule has 1 N–H and O–H groups in total. The van der Waals surface area contributed by atoms with Crippen LogP contribution in [0.15, 0.2) is 29.3 Å². The first-order valence-electron chi connectivity index (χ1n) is 9.49. The number of aromatic nitrogens is 2. The largest absolute Gasteiger partial charge is 0.343 e. The summed E-state index contributed by atoms with van der Waals surface area (Å²) >= 11 is 0. The third kappa shape index (κ3) is 3.14. The van der Waals surface area contributed by atoms with E-state index in [1.807, 2.05) is 31.0 Å². The molecule has 2 fully saturated rings. The van der Waals surface area contributed by atoms with Crippen LogP contribution in [0, 0.1) is 6.92 Å². The maximum Gasteiger partial charge on any atom is 0.261 e. The predicted octanol–water partition coefficient (Wildman–Crippen LogP) is 1.84. The highest BCUT2D eigenvalue weighted by atomic mass is 16.2. The van der Waals surface area contributed by atoms with E-state index in [0.717, 1.165) is 23.9 Å². The van der Waals surface area contributed by atoms with Gasteiger partial charge in [0, 0.05) is 38.1 Å². The zero-order chi connectivity index (χ0) is 18.3. The number of benzene rings is 1. The van der Waals surface area contributed by atoms with Crippen molar-refractivity contribution in [1.82, 2.24) is 19.8 Å². The molecule has 0 saturated carbocycles. The van der Waals surface area contributed by atoms with Gasteiger partial charge in [0.25, 0.3) is 5.56 Å². The third-order valence-corrected chi connectivity index (χ3v) is 6.01. The summed E-state index contributed by atoms with van der Waals surface area (Å²) in [6, 6.07) is 7.05. The molecule has 6 nitrogen and oxygen atoms in total. The zero-order valence-electron chi connectivity index (χ0n) is 15.4. The van der Waals surface area contributed by atoms with Crippen LogP contribution in [-0.4, -0.2) is 45.5 Å². The molecule has 0 spiro atoms. The molecule has 2 aliphatic heterocycles. The van der Waals surface area contributed by atoms with E-state index in [2.05, 4.69) is 10.3 Å². The Balaban J connectivity index is 1.43. The lowest BCUT2D eigenvalue weighted by atomic mass is 9.98. The number of rotatable bonds is 4. The first-order chi connectivity index (χ1) is 12.5. The monoisotopic (exact) mass is 354 g/mol. The summed E-state index contributed by atoms with van der Waals surface area (Å²) in [5, 5.41) is 4.22. The highest BCUT2D eigenvalue weighted by Gasteiger charge is 2.36. The maximum atomic E-state index is 12.6. The molecule has 2 bridgehead atoms. The van der Waals surface area contributed by atoms with Crippen molar-refractivity contribution in [1.29, 1.82) is 0 Å². The van der Waals surface area contributed by atoms with Crippen LogP contribution >= 0.6 is 0 Å². The van der Waals surface area contributed by atoms with Gasteiger partial charge in [-0.05, 0) is 44.2 Å². The van der Waals surface area contributed by atoms with Crippen LogP contribution in [0.3, 0.4) is 0 Å². The van der Waals surface area contributed by atoms with Gasteiger partial charge in [-0.15, -0.1) is 0 Å². The smallest absolute Gasteiger partial charge is 0.261 e. The molecule has 4 rings (SSSR count). The molecule has 138 valence electrons. The number of amides is 1. The molecule has 2 atom stereocenters. The fraction of sp³-hybridized carbons (Fsp3) is 0.550. The number of piperidine rings is 1. The number of para-hydroxylation sites is 1. The van der Waals surface area contributed by atoms with Crippen molar-refractivity contribution in [3.05, 3.63) is 40.4 Å².